The van der Waals surface area contributed by atoms with Gasteiger partial charge >= 0.3 is 0 Å². The van der Waals surface area contributed by atoms with Crippen LogP contribution in [0.2, 0.25) is 0 Å². The zero-order valence-electron chi connectivity index (χ0n) is 11.1. The third kappa shape index (κ3) is 5.68. The highest BCUT2D eigenvalue weighted by Gasteiger charge is 2.06. The molecule has 0 spiro atoms. The second-order valence-electron chi connectivity index (χ2n) is 4.43. The fourth-order valence-corrected chi connectivity index (χ4v) is 1.78. The van der Waals surface area contributed by atoms with Gasteiger partial charge in [0.05, 0.1) is 0 Å². The molecular weight excluding hydrogens is 228 g/mol. The topological polar surface area (TPSA) is 61.4 Å². The van der Waals surface area contributed by atoms with Gasteiger partial charge in [-0.05, 0) is 37.6 Å². The Bertz CT molecular complexity index is 363. The van der Waals surface area contributed by atoms with Crippen LogP contribution in [0.3, 0.4) is 0 Å². The molecule has 1 unspecified atom stereocenters. The standard InChI is InChI=1S/C14H22N2O2/c1-3-15-11(2)10-14(18)16-9-8-12-4-6-13(17)7-5-12/h4-7,11,15,17H,3,8-10H2,1-2H3,(H,16,18). The molecule has 1 atom stereocenters. The van der Waals surface area contributed by atoms with E-state index in [0.717, 1.165) is 18.5 Å². The van der Waals surface area contributed by atoms with Crippen molar-refractivity contribution in [3.63, 3.8) is 0 Å². The van der Waals surface area contributed by atoms with E-state index in [1.807, 2.05) is 26.0 Å². The molecule has 0 aliphatic carbocycles. The number of amides is 1. The summed E-state index contributed by atoms with van der Waals surface area (Å²) < 4.78 is 0. The molecule has 0 saturated carbocycles. The Morgan fingerprint density at radius 1 is 1.33 bits per heavy atom. The molecule has 100 valence electrons. The van der Waals surface area contributed by atoms with Gasteiger partial charge in [0.25, 0.3) is 0 Å². The van der Waals surface area contributed by atoms with Gasteiger partial charge in [0, 0.05) is 19.0 Å². The minimum atomic E-state index is 0.0715. The second-order valence-corrected chi connectivity index (χ2v) is 4.43. The third-order valence-electron chi connectivity index (χ3n) is 2.72. The molecule has 1 rings (SSSR count). The summed E-state index contributed by atoms with van der Waals surface area (Å²) in [5.41, 5.74) is 1.10. The summed E-state index contributed by atoms with van der Waals surface area (Å²) in [7, 11) is 0. The molecule has 0 fully saturated rings. The van der Waals surface area contributed by atoms with Crippen molar-refractivity contribution in [1.29, 1.82) is 0 Å². The highest BCUT2D eigenvalue weighted by Crippen LogP contribution is 2.09. The van der Waals surface area contributed by atoms with Crippen molar-refractivity contribution < 1.29 is 9.90 Å². The number of rotatable bonds is 7. The minimum Gasteiger partial charge on any atom is -0.508 e. The number of nitrogens with one attached hydrogen (secondary N) is 2. The lowest BCUT2D eigenvalue weighted by Crippen LogP contribution is -2.34. The van der Waals surface area contributed by atoms with Gasteiger partial charge in [-0.2, -0.15) is 0 Å². The fraction of sp³-hybridized carbons (Fsp3) is 0.500. The molecule has 0 aromatic heterocycles. The Labute approximate surface area is 108 Å². The normalized spacial score (nSPS) is 12.1. The van der Waals surface area contributed by atoms with Crippen molar-refractivity contribution in [2.75, 3.05) is 13.1 Å². The Hall–Kier alpha value is -1.55. The highest BCUT2D eigenvalue weighted by molar-refractivity contribution is 5.76. The minimum absolute atomic E-state index is 0.0715. The number of aromatic hydroxyl groups is 1. The number of phenolic OH excluding ortho intramolecular Hbond substituents is 1. The number of hydrogen-bond acceptors (Lipinski definition) is 3. The average Bonchev–Trinajstić information content (AvgIpc) is 2.32. The third-order valence-corrected chi connectivity index (χ3v) is 2.72. The lowest BCUT2D eigenvalue weighted by Gasteiger charge is -2.12. The smallest absolute Gasteiger partial charge is 0.221 e. The quantitative estimate of drug-likeness (QED) is 0.686. The van der Waals surface area contributed by atoms with E-state index < -0.39 is 0 Å². The summed E-state index contributed by atoms with van der Waals surface area (Å²) in [6, 6.07) is 7.25. The molecule has 0 radical (unpaired) electrons. The molecule has 0 aliphatic rings. The van der Waals surface area contributed by atoms with E-state index in [9.17, 15) is 4.79 Å². The van der Waals surface area contributed by atoms with Crippen molar-refractivity contribution >= 4 is 5.91 Å². The SMILES string of the molecule is CCNC(C)CC(=O)NCCc1ccc(O)cc1. The Morgan fingerprint density at radius 2 is 2.00 bits per heavy atom. The maximum Gasteiger partial charge on any atom is 0.221 e. The lowest BCUT2D eigenvalue weighted by atomic mass is 10.1. The molecule has 0 heterocycles. The van der Waals surface area contributed by atoms with Gasteiger partial charge in [0.2, 0.25) is 5.91 Å². The monoisotopic (exact) mass is 250 g/mol. The molecular formula is C14H22N2O2. The number of phenols is 1. The van der Waals surface area contributed by atoms with Crippen LogP contribution in [0.5, 0.6) is 5.75 Å². The summed E-state index contributed by atoms with van der Waals surface area (Å²) in [6.45, 7) is 5.53. The molecule has 4 heteroatoms. The van der Waals surface area contributed by atoms with Crippen LogP contribution in [0.15, 0.2) is 24.3 Å². The largest absolute Gasteiger partial charge is 0.508 e. The van der Waals surface area contributed by atoms with Crippen molar-refractivity contribution in [2.45, 2.75) is 32.7 Å². The first-order chi connectivity index (χ1) is 8.61. The maximum absolute atomic E-state index is 11.6. The van der Waals surface area contributed by atoms with E-state index >= 15 is 0 Å². The van der Waals surface area contributed by atoms with Crippen LogP contribution in [0, 0.1) is 0 Å². The van der Waals surface area contributed by atoms with E-state index in [2.05, 4.69) is 10.6 Å². The van der Waals surface area contributed by atoms with Gasteiger partial charge in [-0.3, -0.25) is 4.79 Å². The summed E-state index contributed by atoms with van der Waals surface area (Å²) in [4.78, 5) is 11.6. The number of carbonyl (C=O) groups excluding carboxylic acids is 1. The Morgan fingerprint density at radius 3 is 2.61 bits per heavy atom. The number of carbonyl (C=O) groups is 1. The zero-order valence-corrected chi connectivity index (χ0v) is 11.1. The first-order valence-electron chi connectivity index (χ1n) is 6.39. The molecule has 18 heavy (non-hydrogen) atoms. The van der Waals surface area contributed by atoms with Gasteiger partial charge in [0.15, 0.2) is 0 Å². The molecule has 1 aromatic rings. The van der Waals surface area contributed by atoms with Crippen LogP contribution in [0.1, 0.15) is 25.8 Å². The fourth-order valence-electron chi connectivity index (χ4n) is 1.78. The molecule has 1 aromatic carbocycles. The molecule has 1 amide bonds. The van der Waals surface area contributed by atoms with Crippen molar-refractivity contribution in [2.24, 2.45) is 0 Å². The van der Waals surface area contributed by atoms with Gasteiger partial charge < -0.3 is 15.7 Å². The number of hydrogen-bond donors (Lipinski definition) is 3. The zero-order chi connectivity index (χ0) is 13.4. The molecule has 4 nitrogen and oxygen atoms in total. The first-order valence-corrected chi connectivity index (χ1v) is 6.39. The van der Waals surface area contributed by atoms with Crippen LogP contribution in [-0.4, -0.2) is 30.1 Å². The van der Waals surface area contributed by atoms with Crippen LogP contribution < -0.4 is 10.6 Å². The van der Waals surface area contributed by atoms with E-state index in [0.29, 0.717) is 13.0 Å². The van der Waals surface area contributed by atoms with E-state index in [-0.39, 0.29) is 17.7 Å². The Balaban J connectivity index is 2.21. The van der Waals surface area contributed by atoms with Crippen LogP contribution in [0.4, 0.5) is 0 Å². The predicted molar refractivity (Wildman–Crippen MR) is 72.6 cm³/mol. The average molecular weight is 250 g/mol. The van der Waals surface area contributed by atoms with Gasteiger partial charge in [-0.25, -0.2) is 0 Å². The van der Waals surface area contributed by atoms with Crippen LogP contribution >= 0.6 is 0 Å². The summed E-state index contributed by atoms with van der Waals surface area (Å²) in [5.74, 6) is 0.337. The van der Waals surface area contributed by atoms with Gasteiger partial charge in [0.1, 0.15) is 5.75 Å². The Kier molecular flexibility index (Phi) is 6.22. The van der Waals surface area contributed by atoms with Crippen molar-refractivity contribution in [3.05, 3.63) is 29.8 Å². The van der Waals surface area contributed by atoms with Crippen LogP contribution in [0.25, 0.3) is 0 Å². The van der Waals surface area contributed by atoms with Crippen molar-refractivity contribution in [3.8, 4) is 5.75 Å². The second kappa shape index (κ2) is 7.71. The highest BCUT2D eigenvalue weighted by atomic mass is 16.3. The lowest BCUT2D eigenvalue weighted by molar-refractivity contribution is -0.121. The first kappa shape index (κ1) is 14.5. The van der Waals surface area contributed by atoms with E-state index in [1.54, 1.807) is 12.1 Å². The maximum atomic E-state index is 11.6. The van der Waals surface area contributed by atoms with E-state index in [4.69, 9.17) is 5.11 Å². The summed E-state index contributed by atoms with van der Waals surface area (Å²) in [6.07, 6.45) is 1.28. The van der Waals surface area contributed by atoms with Gasteiger partial charge in [-0.15, -0.1) is 0 Å². The predicted octanol–water partition coefficient (Wildman–Crippen LogP) is 1.44. The number of benzene rings is 1. The van der Waals surface area contributed by atoms with E-state index in [1.165, 1.54) is 0 Å². The van der Waals surface area contributed by atoms with Crippen LogP contribution in [-0.2, 0) is 11.2 Å². The molecule has 0 bridgehead atoms. The molecule has 0 saturated heterocycles. The van der Waals surface area contributed by atoms with Crippen molar-refractivity contribution in [1.82, 2.24) is 10.6 Å². The summed E-state index contributed by atoms with van der Waals surface area (Å²) in [5, 5.41) is 15.2. The summed E-state index contributed by atoms with van der Waals surface area (Å²) >= 11 is 0. The molecule has 3 N–H and O–H groups in total. The van der Waals surface area contributed by atoms with Gasteiger partial charge in [-0.1, -0.05) is 19.1 Å². The molecule has 0 aliphatic heterocycles.